The summed E-state index contributed by atoms with van der Waals surface area (Å²) in [6, 6.07) is 1.41. The first-order valence-corrected chi connectivity index (χ1v) is 3.40. The molecule has 0 amide bonds. The van der Waals surface area contributed by atoms with Gasteiger partial charge in [-0.25, -0.2) is 9.78 Å². The second-order valence-electron chi connectivity index (χ2n) is 2.16. The minimum atomic E-state index is -0.971. The summed E-state index contributed by atoms with van der Waals surface area (Å²) in [5, 5.41) is 9.01. The van der Waals surface area contributed by atoms with Crippen molar-refractivity contribution in [1.29, 1.82) is 0 Å². The maximum atomic E-state index is 10.5. The summed E-state index contributed by atoms with van der Waals surface area (Å²) < 4.78 is 0. The Morgan fingerprint density at radius 3 is 2.67 bits per heavy atom. The molecule has 12 heavy (non-hydrogen) atoms. The maximum Gasteiger partial charge on any atom is 0.342 e. The third-order valence-corrected chi connectivity index (χ3v) is 1.56. The molecule has 0 radical (unpaired) electrons. The lowest BCUT2D eigenvalue weighted by Gasteiger charge is -1.92. The first-order chi connectivity index (χ1) is 5.11. The summed E-state index contributed by atoms with van der Waals surface area (Å²) in [5.74, 6) is -0.971. The van der Waals surface area contributed by atoms with Gasteiger partial charge >= 0.3 is 5.97 Å². The van der Waals surface area contributed by atoms with Crippen LogP contribution in [0, 0.1) is 6.92 Å². The fourth-order valence-corrected chi connectivity index (χ4v) is 0.929. The van der Waals surface area contributed by atoms with E-state index in [2.05, 4.69) is 4.98 Å². The smallest absolute Gasteiger partial charge is 0.342 e. The predicted octanol–water partition coefficient (Wildman–Crippen LogP) is -1.84. The lowest BCUT2D eigenvalue weighted by molar-refractivity contribution is -0.387. The van der Waals surface area contributed by atoms with Crippen molar-refractivity contribution in [3.63, 3.8) is 0 Å². The number of aromatic amines is 1. The van der Waals surface area contributed by atoms with Gasteiger partial charge in [-0.05, 0) is 6.07 Å². The average Bonchev–Trinajstić information content (AvgIpc) is 1.94. The van der Waals surface area contributed by atoms with Gasteiger partial charge in [-0.15, -0.1) is 0 Å². The Hall–Kier alpha value is -0.800. The predicted molar refractivity (Wildman–Crippen MR) is 39.7 cm³/mol. The Morgan fingerprint density at radius 2 is 2.25 bits per heavy atom. The molecule has 0 unspecified atom stereocenters. The number of carbonyl (C=O) groups is 1. The molecule has 1 rings (SSSR count). The highest BCUT2D eigenvalue weighted by atomic mass is 35.5. The van der Waals surface area contributed by atoms with Gasteiger partial charge in [0, 0.05) is 6.92 Å². The zero-order valence-corrected chi connectivity index (χ0v) is 7.78. The van der Waals surface area contributed by atoms with Gasteiger partial charge in [-0.3, -0.25) is 0 Å². The molecular formula is C7H7Cl2NO2. The van der Waals surface area contributed by atoms with Gasteiger partial charge in [-0.2, -0.15) is 0 Å². The molecule has 5 heteroatoms. The van der Waals surface area contributed by atoms with Crippen molar-refractivity contribution in [3.8, 4) is 0 Å². The van der Waals surface area contributed by atoms with E-state index in [4.69, 9.17) is 16.7 Å². The summed E-state index contributed by atoms with van der Waals surface area (Å²) in [5.41, 5.74) is 0.805. The lowest BCUT2D eigenvalue weighted by Crippen LogP contribution is -3.00. The van der Waals surface area contributed by atoms with E-state index in [9.17, 15) is 4.79 Å². The number of carboxylic acid groups (broad SMARTS) is 1. The van der Waals surface area contributed by atoms with Gasteiger partial charge in [0.1, 0.15) is 10.6 Å². The summed E-state index contributed by atoms with van der Waals surface area (Å²) in [6.45, 7) is 1.68. The average molecular weight is 208 g/mol. The van der Waals surface area contributed by atoms with E-state index in [0.29, 0.717) is 10.7 Å². The van der Waals surface area contributed by atoms with Gasteiger partial charge in [0.25, 0.3) is 0 Å². The number of nitrogens with one attached hydrogen (secondary N) is 1. The molecule has 0 saturated carbocycles. The number of hydrogen-bond donors (Lipinski definition) is 1. The monoisotopic (exact) mass is 207 g/mol. The van der Waals surface area contributed by atoms with E-state index in [1.165, 1.54) is 6.07 Å². The minimum Gasteiger partial charge on any atom is -1.00 e. The van der Waals surface area contributed by atoms with Crippen molar-refractivity contribution in [2.45, 2.75) is 6.92 Å². The van der Waals surface area contributed by atoms with Crippen LogP contribution >= 0.6 is 11.6 Å². The molecule has 0 bridgehead atoms. The van der Waals surface area contributed by atoms with Crippen molar-refractivity contribution in [2.75, 3.05) is 0 Å². The molecule has 1 aromatic rings. The Kier molecular flexibility index (Phi) is 4.00. The number of hydrogen-bond acceptors (Lipinski definition) is 1. The van der Waals surface area contributed by atoms with Crippen LogP contribution in [0.4, 0.5) is 0 Å². The number of aromatic nitrogens is 1. The zero-order valence-electron chi connectivity index (χ0n) is 6.27. The number of aryl methyl sites for hydroxylation is 1. The molecule has 0 aliphatic carbocycles. The molecule has 2 N–H and O–H groups in total. The van der Waals surface area contributed by atoms with E-state index in [0.717, 1.165) is 0 Å². The highest BCUT2D eigenvalue weighted by Crippen LogP contribution is 2.09. The largest absolute Gasteiger partial charge is 1.00 e. The standard InChI is InChI=1S/C7H6ClNO2.ClH/c1-4-6(7(10)11)2-5(8)3-9-4;/h2-3H,1H3,(H,10,11);1H. The number of carboxylic acids is 1. The first-order valence-electron chi connectivity index (χ1n) is 3.02. The zero-order chi connectivity index (χ0) is 8.43. The molecule has 0 fully saturated rings. The van der Waals surface area contributed by atoms with E-state index in [-0.39, 0.29) is 18.0 Å². The molecule has 0 spiro atoms. The van der Waals surface area contributed by atoms with Crippen molar-refractivity contribution in [2.24, 2.45) is 0 Å². The first kappa shape index (κ1) is 11.2. The van der Waals surface area contributed by atoms with Crippen LogP contribution in [0.25, 0.3) is 0 Å². The van der Waals surface area contributed by atoms with Crippen LogP contribution in [-0.2, 0) is 0 Å². The van der Waals surface area contributed by atoms with Gasteiger partial charge < -0.3 is 17.5 Å². The number of pyridine rings is 1. The number of aromatic carboxylic acids is 1. The Morgan fingerprint density at radius 1 is 1.67 bits per heavy atom. The molecule has 66 valence electrons. The minimum absolute atomic E-state index is 0. The van der Waals surface area contributed by atoms with Gasteiger partial charge in [-0.1, -0.05) is 11.6 Å². The second-order valence-corrected chi connectivity index (χ2v) is 2.60. The van der Waals surface area contributed by atoms with Gasteiger partial charge in [0.2, 0.25) is 0 Å². The molecule has 1 heterocycles. The fraction of sp³-hybridized carbons (Fsp3) is 0.143. The second kappa shape index (κ2) is 4.28. The normalized spacial score (nSPS) is 8.83. The van der Waals surface area contributed by atoms with Crippen LogP contribution in [0.2, 0.25) is 5.02 Å². The third kappa shape index (κ3) is 2.36. The van der Waals surface area contributed by atoms with Crippen molar-refractivity contribution in [1.82, 2.24) is 0 Å². The molecule has 3 nitrogen and oxygen atoms in total. The molecule has 0 atom stereocenters. The van der Waals surface area contributed by atoms with Crippen LogP contribution in [0.5, 0.6) is 0 Å². The number of rotatable bonds is 1. The quantitative estimate of drug-likeness (QED) is 0.589. The topological polar surface area (TPSA) is 51.4 Å². The molecule has 0 aliphatic rings. The summed E-state index contributed by atoms with van der Waals surface area (Å²) >= 11 is 5.57. The molecule has 0 aliphatic heterocycles. The van der Waals surface area contributed by atoms with E-state index in [1.54, 1.807) is 13.1 Å². The van der Waals surface area contributed by atoms with Gasteiger partial charge in [0.15, 0.2) is 11.9 Å². The Labute approximate surface area is 80.8 Å². The van der Waals surface area contributed by atoms with Crippen LogP contribution < -0.4 is 17.4 Å². The van der Waals surface area contributed by atoms with E-state index in [1.807, 2.05) is 0 Å². The molecule has 1 aromatic heterocycles. The van der Waals surface area contributed by atoms with Crippen LogP contribution in [0.15, 0.2) is 12.3 Å². The van der Waals surface area contributed by atoms with Gasteiger partial charge in [0.05, 0.1) is 0 Å². The molecule has 0 aromatic carbocycles. The van der Waals surface area contributed by atoms with Crippen molar-refractivity contribution >= 4 is 17.6 Å². The van der Waals surface area contributed by atoms with Crippen LogP contribution in [0.3, 0.4) is 0 Å². The summed E-state index contributed by atoms with van der Waals surface area (Å²) in [6.07, 6.45) is 1.54. The SMILES string of the molecule is Cc1[nH+]cc(Cl)cc1C(=O)O.[Cl-]. The third-order valence-electron chi connectivity index (χ3n) is 1.34. The molecular weight excluding hydrogens is 201 g/mol. The lowest BCUT2D eigenvalue weighted by atomic mass is 10.2. The summed E-state index contributed by atoms with van der Waals surface area (Å²) in [7, 11) is 0. The highest BCUT2D eigenvalue weighted by molar-refractivity contribution is 6.30. The molecule has 0 saturated heterocycles. The fourth-order valence-electron chi connectivity index (χ4n) is 0.765. The van der Waals surface area contributed by atoms with Crippen molar-refractivity contribution in [3.05, 3.63) is 28.5 Å². The number of halogens is 2. The Balaban J connectivity index is 0.00000121. The van der Waals surface area contributed by atoms with Crippen LogP contribution in [-0.4, -0.2) is 11.1 Å². The summed E-state index contributed by atoms with van der Waals surface area (Å²) in [4.78, 5) is 13.2. The van der Waals surface area contributed by atoms with Crippen LogP contribution in [0.1, 0.15) is 16.1 Å². The van der Waals surface area contributed by atoms with E-state index < -0.39 is 5.97 Å². The number of H-pyrrole nitrogens is 1. The maximum absolute atomic E-state index is 10.5. The van der Waals surface area contributed by atoms with Crippen molar-refractivity contribution < 1.29 is 27.3 Å². The highest BCUT2D eigenvalue weighted by Gasteiger charge is 2.12. The Bertz CT molecular complexity index is 301. The van der Waals surface area contributed by atoms with E-state index >= 15 is 0 Å².